The summed E-state index contributed by atoms with van der Waals surface area (Å²) >= 11 is 0. The summed E-state index contributed by atoms with van der Waals surface area (Å²) in [4.78, 5) is 11.1. The Morgan fingerprint density at radius 3 is 1.33 bits per heavy atom. The van der Waals surface area contributed by atoms with Gasteiger partial charge in [0.15, 0.2) is 0 Å². The van der Waals surface area contributed by atoms with E-state index < -0.39 is 6.16 Å². The molecule has 0 amide bonds. The predicted molar refractivity (Wildman–Crippen MR) is 60.8 cm³/mol. The summed E-state index contributed by atoms with van der Waals surface area (Å²) in [5, 5.41) is 0. The van der Waals surface area contributed by atoms with Crippen molar-refractivity contribution in [2.24, 2.45) is 10.8 Å². The highest BCUT2D eigenvalue weighted by Gasteiger charge is 2.49. The van der Waals surface area contributed by atoms with Gasteiger partial charge < -0.3 is 9.47 Å². The van der Waals surface area contributed by atoms with Crippen LogP contribution in [-0.2, 0) is 9.47 Å². The molecule has 0 aromatic rings. The average Bonchev–Trinajstić information content (AvgIpc) is 2.27. The summed E-state index contributed by atoms with van der Waals surface area (Å²) in [5.41, 5.74) is -0.159. The van der Waals surface area contributed by atoms with E-state index in [0.29, 0.717) is 0 Å². The quantitative estimate of drug-likeness (QED) is 0.580. The number of ether oxygens (including phenoxy) is 2. The number of hydrogen-bond donors (Lipinski definition) is 0. The molecule has 0 radical (unpaired) electrons. The van der Waals surface area contributed by atoms with Gasteiger partial charge >= 0.3 is 6.16 Å². The molecule has 0 aromatic carbocycles. The molecular weight excluding hydrogens is 192 g/mol. The highest BCUT2D eigenvalue weighted by Crippen LogP contribution is 2.39. The van der Waals surface area contributed by atoms with Gasteiger partial charge in [0.1, 0.15) is 12.2 Å². The monoisotopic (exact) mass is 216 g/mol. The Kier molecular flexibility index (Phi) is 3.83. The van der Waals surface area contributed by atoms with Gasteiger partial charge in [-0.3, -0.25) is 0 Å². The van der Waals surface area contributed by atoms with Crippen LogP contribution < -0.4 is 0 Å². The van der Waals surface area contributed by atoms with E-state index in [0.717, 1.165) is 0 Å². The molecule has 1 rings (SSSR count). The van der Waals surface area contributed by atoms with Gasteiger partial charge in [0.2, 0.25) is 0 Å². The van der Waals surface area contributed by atoms with Crippen molar-refractivity contribution in [3.8, 4) is 0 Å². The summed E-state index contributed by atoms with van der Waals surface area (Å²) < 4.78 is 10.4. The van der Waals surface area contributed by atoms with Crippen LogP contribution >= 0.6 is 0 Å². The Morgan fingerprint density at radius 2 is 1.13 bits per heavy atom. The fourth-order valence-electron chi connectivity index (χ4n) is 1.62. The van der Waals surface area contributed by atoms with E-state index in [4.69, 9.17) is 9.47 Å². The summed E-state index contributed by atoms with van der Waals surface area (Å²) in [7, 11) is 0. The first-order valence-electron chi connectivity index (χ1n) is 4.99. The van der Waals surface area contributed by atoms with Crippen LogP contribution in [0.15, 0.2) is 0 Å². The topological polar surface area (TPSA) is 35.5 Å². The lowest BCUT2D eigenvalue weighted by Crippen LogP contribution is -2.42. The second-order valence-electron chi connectivity index (χ2n) is 6.06. The zero-order valence-corrected chi connectivity index (χ0v) is 9.88. The molecule has 1 fully saturated rings. The lowest BCUT2D eigenvalue weighted by Gasteiger charge is -2.34. The molecule has 0 aliphatic carbocycles. The third kappa shape index (κ3) is 3.11. The van der Waals surface area contributed by atoms with E-state index in [-0.39, 0.29) is 30.5 Å². The van der Waals surface area contributed by atoms with Crippen LogP contribution in [0.5, 0.6) is 0 Å². The number of rotatable bonds is 0. The molecular formula is C12H24O3. The van der Waals surface area contributed by atoms with E-state index in [1.165, 1.54) is 0 Å². The van der Waals surface area contributed by atoms with Crippen LogP contribution in [0, 0.1) is 10.8 Å². The minimum absolute atomic E-state index is 0. The van der Waals surface area contributed by atoms with Crippen LogP contribution in [0.25, 0.3) is 0 Å². The average molecular weight is 216 g/mol. The molecule has 3 heteroatoms. The summed E-state index contributed by atoms with van der Waals surface area (Å²) in [6.45, 7) is 12.3. The van der Waals surface area contributed by atoms with Gasteiger partial charge in [0.05, 0.1) is 0 Å². The van der Waals surface area contributed by atoms with Gasteiger partial charge in [-0.05, 0) is 0 Å². The highest BCUT2D eigenvalue weighted by atomic mass is 16.8. The van der Waals surface area contributed by atoms with Gasteiger partial charge in [0, 0.05) is 10.8 Å². The minimum Gasteiger partial charge on any atom is -0.426 e. The van der Waals surface area contributed by atoms with E-state index in [1.807, 2.05) is 0 Å². The Morgan fingerprint density at radius 1 is 0.867 bits per heavy atom. The molecule has 0 spiro atoms. The lowest BCUT2D eigenvalue weighted by atomic mass is 9.76. The molecule has 3 nitrogen and oxygen atoms in total. The Labute approximate surface area is 93.1 Å². The van der Waals surface area contributed by atoms with Crippen molar-refractivity contribution in [2.75, 3.05) is 0 Å². The maximum absolute atomic E-state index is 11.1. The molecule has 2 atom stereocenters. The summed E-state index contributed by atoms with van der Waals surface area (Å²) in [6.07, 6.45) is -0.852. The van der Waals surface area contributed by atoms with Crippen molar-refractivity contribution in [1.29, 1.82) is 0 Å². The van der Waals surface area contributed by atoms with Gasteiger partial charge in [-0.15, -0.1) is 0 Å². The summed E-state index contributed by atoms with van der Waals surface area (Å²) in [6, 6.07) is 0. The first-order chi connectivity index (χ1) is 6.12. The van der Waals surface area contributed by atoms with Crippen LogP contribution in [0.3, 0.4) is 0 Å². The third-order valence-corrected chi connectivity index (χ3v) is 2.43. The molecule has 2 unspecified atom stereocenters. The van der Waals surface area contributed by atoms with Gasteiger partial charge in [-0.1, -0.05) is 49.0 Å². The maximum Gasteiger partial charge on any atom is 0.509 e. The fourth-order valence-corrected chi connectivity index (χ4v) is 1.62. The zero-order valence-electron chi connectivity index (χ0n) is 9.88. The maximum atomic E-state index is 11.1. The van der Waals surface area contributed by atoms with Crippen molar-refractivity contribution in [1.82, 2.24) is 0 Å². The van der Waals surface area contributed by atoms with Crippen molar-refractivity contribution in [3.63, 3.8) is 0 Å². The second kappa shape index (κ2) is 4.03. The molecule has 15 heavy (non-hydrogen) atoms. The SMILES string of the molecule is C.CC(C)(C)C1OC(=O)OC1C(C)(C)C. The van der Waals surface area contributed by atoms with E-state index in [1.54, 1.807) is 0 Å². The second-order valence-corrected chi connectivity index (χ2v) is 6.06. The molecule has 90 valence electrons. The number of cyclic esters (lactones) is 2. The summed E-state index contributed by atoms with van der Waals surface area (Å²) in [5.74, 6) is 0. The standard InChI is InChI=1S/C11H20O3.CH4/c1-10(2,3)7-8(11(4,5)6)14-9(12)13-7;/h7-8H,1-6H3;1H4. The molecule has 0 aromatic heterocycles. The highest BCUT2D eigenvalue weighted by molar-refractivity contribution is 5.62. The number of hydrogen-bond acceptors (Lipinski definition) is 3. The van der Waals surface area contributed by atoms with Crippen molar-refractivity contribution >= 4 is 6.16 Å². The predicted octanol–water partition coefficient (Wildman–Crippen LogP) is 3.62. The van der Waals surface area contributed by atoms with Gasteiger partial charge in [0.25, 0.3) is 0 Å². The largest absolute Gasteiger partial charge is 0.509 e. The Balaban J connectivity index is 0.00000196. The first-order valence-corrected chi connectivity index (χ1v) is 4.99. The van der Waals surface area contributed by atoms with Crippen LogP contribution in [0.1, 0.15) is 49.0 Å². The van der Waals surface area contributed by atoms with Crippen LogP contribution in [0.4, 0.5) is 4.79 Å². The minimum atomic E-state index is -0.537. The van der Waals surface area contributed by atoms with Crippen LogP contribution in [0.2, 0.25) is 0 Å². The lowest BCUT2D eigenvalue weighted by molar-refractivity contribution is 0.000876. The molecule has 0 N–H and O–H groups in total. The van der Waals surface area contributed by atoms with Crippen molar-refractivity contribution < 1.29 is 14.3 Å². The first kappa shape index (κ1) is 14.3. The number of carbonyl (C=O) groups excluding carboxylic acids is 1. The van der Waals surface area contributed by atoms with E-state index >= 15 is 0 Å². The van der Waals surface area contributed by atoms with Crippen LogP contribution in [-0.4, -0.2) is 18.4 Å². The van der Waals surface area contributed by atoms with E-state index in [9.17, 15) is 4.79 Å². The molecule has 1 saturated heterocycles. The molecule has 0 saturated carbocycles. The molecule has 1 aliphatic heterocycles. The van der Waals surface area contributed by atoms with Gasteiger partial charge in [-0.2, -0.15) is 0 Å². The van der Waals surface area contributed by atoms with Crippen molar-refractivity contribution in [2.45, 2.75) is 61.2 Å². The normalized spacial score (nSPS) is 26.7. The smallest absolute Gasteiger partial charge is 0.426 e. The molecule has 1 heterocycles. The van der Waals surface area contributed by atoms with E-state index in [2.05, 4.69) is 41.5 Å². The third-order valence-electron chi connectivity index (χ3n) is 2.43. The zero-order chi connectivity index (χ0) is 11.1. The molecule has 1 aliphatic rings. The fraction of sp³-hybridized carbons (Fsp3) is 0.917. The van der Waals surface area contributed by atoms with Gasteiger partial charge in [-0.25, -0.2) is 4.79 Å². The van der Waals surface area contributed by atoms with Crippen molar-refractivity contribution in [3.05, 3.63) is 0 Å². The Bertz CT molecular complexity index is 208. The number of carbonyl (C=O) groups is 1. The molecule has 0 bridgehead atoms. The Hall–Kier alpha value is -0.730.